The van der Waals surface area contributed by atoms with E-state index in [0.29, 0.717) is 12.0 Å². The predicted octanol–water partition coefficient (Wildman–Crippen LogP) is 1.51. The molecule has 43 heavy (non-hydrogen) atoms. The molecule has 0 aromatic carbocycles. The van der Waals surface area contributed by atoms with E-state index in [9.17, 15) is 29.4 Å². The second kappa shape index (κ2) is 16.7. The van der Waals surface area contributed by atoms with Gasteiger partial charge < -0.3 is 40.8 Å². The fourth-order valence-corrected chi connectivity index (χ4v) is 5.03. The molecule has 0 aromatic rings. The smallest absolute Gasteiger partial charge is 0.405 e. The van der Waals surface area contributed by atoms with Crippen LogP contribution in [0.3, 0.4) is 0 Å². The number of hydrogen-bond acceptors (Lipinski definition) is 10. The molecule has 0 radical (unpaired) electrons. The van der Waals surface area contributed by atoms with Crippen molar-refractivity contribution in [2.45, 2.75) is 58.0 Å². The summed E-state index contributed by atoms with van der Waals surface area (Å²) in [6.45, 7) is 8.54. The number of methoxy groups -OCH3 is 2. The van der Waals surface area contributed by atoms with Gasteiger partial charge in [0, 0.05) is 43.9 Å². The number of Topliss-reactive ketones (excluding diaryl/α,β-unsaturated/α-hetero) is 1. The van der Waals surface area contributed by atoms with E-state index in [1.165, 1.54) is 32.4 Å². The average molecular weight is 602 g/mol. The molecule has 2 rings (SSSR count). The van der Waals surface area contributed by atoms with Crippen molar-refractivity contribution in [2.75, 3.05) is 27.4 Å². The topological polar surface area (TPSA) is 187 Å². The van der Waals surface area contributed by atoms with E-state index < -0.39 is 60.5 Å². The molecule has 0 aromatic heterocycles. The van der Waals surface area contributed by atoms with Crippen LogP contribution < -0.4 is 16.4 Å². The van der Waals surface area contributed by atoms with Crippen LogP contribution in [0.2, 0.25) is 0 Å². The predicted molar refractivity (Wildman–Crippen MR) is 159 cm³/mol. The maximum Gasteiger partial charge on any atom is 0.405 e. The van der Waals surface area contributed by atoms with Crippen molar-refractivity contribution in [3.05, 3.63) is 71.1 Å². The molecule has 236 valence electrons. The van der Waals surface area contributed by atoms with E-state index in [-0.39, 0.29) is 41.4 Å². The van der Waals surface area contributed by atoms with Gasteiger partial charge in [-0.2, -0.15) is 0 Å². The molecule has 1 aliphatic heterocycles. The van der Waals surface area contributed by atoms with Crippen molar-refractivity contribution >= 4 is 23.6 Å². The SMILES string of the molecule is C=CCNC1=C2C[C@@H](C)C[C@H](OC)[C@H](O)[C@@H](C)/C=C(\C)[C@H](OC(N)=O)[C@@H](OC)/C=C\C=C(/CO)C(=O)NC(=CC1=O)C2=O. The van der Waals surface area contributed by atoms with Crippen LogP contribution in [0.4, 0.5) is 4.79 Å². The molecular weight excluding hydrogens is 558 g/mol. The third-order valence-electron chi connectivity index (χ3n) is 7.27. The Kier molecular flexibility index (Phi) is 13.7. The van der Waals surface area contributed by atoms with Crippen molar-refractivity contribution in [1.29, 1.82) is 0 Å². The standard InChI is InChI=1S/C31H43N3O9/c1-7-11-33-26-21-12-17(2)13-25(42-6)27(37)18(3)14-19(4)29(43-31(32)40)24(41-5)10-8-9-20(16-35)30(39)34-22(28(21)38)15-23(26)36/h7-10,14-15,17-18,24-25,27,29,33,35,37H,1,11-13,16H2,2-6H3,(H2,32,40)(H,34,39)/b10-8-,19-14+,20-9+/t17-,18+,24+,25+,27-,29+/m1/s1. The zero-order valence-corrected chi connectivity index (χ0v) is 25.3. The number of nitrogens with two attached hydrogens (primary N) is 1. The first-order chi connectivity index (χ1) is 20.4. The number of carbonyl (C=O) groups is 4. The number of fused-ring (bicyclic) bond motifs is 2. The molecule has 1 aliphatic carbocycles. The van der Waals surface area contributed by atoms with Crippen LogP contribution in [0.5, 0.6) is 0 Å². The first-order valence-electron chi connectivity index (χ1n) is 13.9. The third kappa shape index (κ3) is 9.58. The summed E-state index contributed by atoms with van der Waals surface area (Å²) in [6.07, 6.45) is 4.48. The number of rotatable bonds is 7. The van der Waals surface area contributed by atoms with Crippen molar-refractivity contribution in [2.24, 2.45) is 17.6 Å². The molecule has 0 saturated carbocycles. The van der Waals surface area contributed by atoms with Crippen LogP contribution in [0.1, 0.15) is 33.6 Å². The van der Waals surface area contributed by atoms with Gasteiger partial charge >= 0.3 is 6.09 Å². The van der Waals surface area contributed by atoms with Crippen LogP contribution in [0, 0.1) is 11.8 Å². The first kappa shape index (κ1) is 35.4. The average Bonchev–Trinajstić information content (AvgIpc) is 2.96. The number of hydrogen-bond donors (Lipinski definition) is 5. The molecule has 6 N–H and O–H groups in total. The van der Waals surface area contributed by atoms with Crippen LogP contribution in [0.15, 0.2) is 71.1 Å². The van der Waals surface area contributed by atoms with Gasteiger partial charge in [0.25, 0.3) is 5.91 Å². The lowest BCUT2D eigenvalue weighted by Gasteiger charge is -2.30. The third-order valence-corrected chi connectivity index (χ3v) is 7.27. The maximum absolute atomic E-state index is 13.6. The van der Waals surface area contributed by atoms with Crippen LogP contribution in [-0.4, -0.2) is 85.6 Å². The Morgan fingerprint density at radius 1 is 1.23 bits per heavy atom. The van der Waals surface area contributed by atoms with Gasteiger partial charge in [-0.15, -0.1) is 6.58 Å². The quantitative estimate of drug-likeness (QED) is 0.211. The number of aliphatic hydroxyl groups excluding tert-OH is 2. The van der Waals surface area contributed by atoms with Crippen molar-refractivity contribution in [1.82, 2.24) is 10.6 Å². The lowest BCUT2D eigenvalue weighted by Crippen LogP contribution is -2.38. The number of ketones is 2. The van der Waals surface area contributed by atoms with E-state index in [4.69, 9.17) is 19.9 Å². The van der Waals surface area contributed by atoms with E-state index >= 15 is 0 Å². The highest BCUT2D eigenvalue weighted by Gasteiger charge is 2.33. The van der Waals surface area contributed by atoms with E-state index in [1.54, 1.807) is 26.0 Å². The minimum Gasteiger partial charge on any atom is -0.439 e. The second-order valence-electron chi connectivity index (χ2n) is 10.6. The largest absolute Gasteiger partial charge is 0.439 e. The Hall–Kier alpha value is -3.84. The number of allylic oxidation sites excluding steroid dienone is 4. The summed E-state index contributed by atoms with van der Waals surface area (Å²) in [7, 11) is 2.86. The minimum atomic E-state index is -1.04. The fourth-order valence-electron chi connectivity index (χ4n) is 5.03. The molecule has 0 saturated heterocycles. The van der Waals surface area contributed by atoms with Gasteiger partial charge in [0.15, 0.2) is 6.10 Å². The highest BCUT2D eigenvalue weighted by molar-refractivity contribution is 6.23. The Labute approximate surface area is 252 Å². The molecule has 12 nitrogen and oxygen atoms in total. The molecule has 2 aliphatic rings. The molecule has 1 heterocycles. The maximum atomic E-state index is 13.6. The summed E-state index contributed by atoms with van der Waals surface area (Å²) < 4.78 is 16.5. The molecular formula is C31H43N3O9. The van der Waals surface area contributed by atoms with E-state index in [0.717, 1.165) is 6.08 Å². The summed E-state index contributed by atoms with van der Waals surface area (Å²) in [5.74, 6) is -2.57. The number of nitrogens with one attached hydrogen (secondary N) is 2. The molecule has 2 bridgehead atoms. The zero-order chi connectivity index (χ0) is 32.3. The van der Waals surface area contributed by atoms with Gasteiger partial charge in [-0.05, 0) is 31.3 Å². The number of primary amides is 1. The summed E-state index contributed by atoms with van der Waals surface area (Å²) in [5, 5.41) is 26.5. The molecule has 6 atom stereocenters. The molecule has 2 amide bonds. The normalized spacial score (nSPS) is 31.1. The van der Waals surface area contributed by atoms with Gasteiger partial charge in [0.2, 0.25) is 11.6 Å². The van der Waals surface area contributed by atoms with E-state index in [2.05, 4.69) is 17.2 Å². The van der Waals surface area contributed by atoms with Crippen LogP contribution in [-0.2, 0) is 28.6 Å². The highest BCUT2D eigenvalue weighted by Crippen LogP contribution is 2.28. The summed E-state index contributed by atoms with van der Waals surface area (Å²) in [5.41, 5.74) is 5.80. The van der Waals surface area contributed by atoms with Gasteiger partial charge in [-0.1, -0.05) is 44.2 Å². The minimum absolute atomic E-state index is 0.106. The lowest BCUT2D eigenvalue weighted by molar-refractivity contribution is -0.120. The summed E-state index contributed by atoms with van der Waals surface area (Å²) >= 11 is 0. The molecule has 12 heteroatoms. The second-order valence-corrected chi connectivity index (χ2v) is 10.6. The van der Waals surface area contributed by atoms with E-state index in [1.807, 2.05) is 6.92 Å². The monoisotopic (exact) mass is 601 g/mol. The van der Waals surface area contributed by atoms with Gasteiger partial charge in [-0.25, -0.2) is 4.79 Å². The number of carbonyl (C=O) groups excluding carboxylic acids is 4. The number of aliphatic hydroxyl groups is 2. The van der Waals surface area contributed by atoms with Gasteiger partial charge in [0.05, 0.1) is 30.2 Å². The Bertz CT molecular complexity index is 1230. The van der Waals surface area contributed by atoms with Crippen LogP contribution >= 0.6 is 0 Å². The molecule has 0 unspecified atom stereocenters. The summed E-state index contributed by atoms with van der Waals surface area (Å²) in [4.78, 5) is 51.4. The fraction of sp³-hybridized carbons (Fsp3) is 0.484. The Morgan fingerprint density at radius 2 is 1.93 bits per heavy atom. The van der Waals surface area contributed by atoms with Gasteiger partial charge in [0.1, 0.15) is 6.10 Å². The zero-order valence-electron chi connectivity index (χ0n) is 25.3. The molecule has 0 spiro atoms. The van der Waals surface area contributed by atoms with Crippen molar-refractivity contribution in [3.8, 4) is 0 Å². The van der Waals surface area contributed by atoms with Gasteiger partial charge in [-0.3, -0.25) is 14.4 Å². The number of amides is 2. The Morgan fingerprint density at radius 3 is 2.51 bits per heavy atom. The number of ether oxygens (including phenoxy) is 3. The first-order valence-corrected chi connectivity index (χ1v) is 13.9. The highest BCUT2D eigenvalue weighted by atomic mass is 16.6. The molecule has 0 fully saturated rings. The Balaban J connectivity index is 2.66. The van der Waals surface area contributed by atoms with Crippen molar-refractivity contribution in [3.63, 3.8) is 0 Å². The lowest BCUT2D eigenvalue weighted by atomic mass is 9.85. The summed E-state index contributed by atoms with van der Waals surface area (Å²) in [6, 6.07) is 0. The van der Waals surface area contributed by atoms with Crippen molar-refractivity contribution < 1.29 is 43.6 Å². The van der Waals surface area contributed by atoms with Crippen LogP contribution in [0.25, 0.3) is 0 Å².